The van der Waals surface area contributed by atoms with Crippen LogP contribution in [0.2, 0.25) is 0 Å². The summed E-state index contributed by atoms with van der Waals surface area (Å²) in [5.41, 5.74) is 5.58. The van der Waals surface area contributed by atoms with E-state index in [2.05, 4.69) is 40.9 Å². The quantitative estimate of drug-likeness (QED) is 0.791. The van der Waals surface area contributed by atoms with E-state index < -0.39 is 0 Å². The van der Waals surface area contributed by atoms with Gasteiger partial charge in [-0.3, -0.25) is 4.79 Å². The van der Waals surface area contributed by atoms with Crippen molar-refractivity contribution in [2.75, 3.05) is 0 Å². The highest BCUT2D eigenvalue weighted by atomic mass is 16.1. The summed E-state index contributed by atoms with van der Waals surface area (Å²) in [5, 5.41) is 2.98. The number of fused-ring (bicyclic) bond motifs is 3. The summed E-state index contributed by atoms with van der Waals surface area (Å²) < 4.78 is 2.13. The molecule has 0 fully saturated rings. The van der Waals surface area contributed by atoms with Crippen molar-refractivity contribution in [1.29, 1.82) is 0 Å². The fourth-order valence-electron chi connectivity index (χ4n) is 3.55. The summed E-state index contributed by atoms with van der Waals surface area (Å²) in [7, 11) is 0. The van der Waals surface area contributed by atoms with Crippen LogP contribution in [0.3, 0.4) is 0 Å². The van der Waals surface area contributed by atoms with Crippen LogP contribution in [-0.2, 0) is 17.8 Å². The van der Waals surface area contributed by atoms with E-state index in [1.165, 1.54) is 11.1 Å². The molecule has 1 atom stereocenters. The molecule has 4 nitrogen and oxygen atoms in total. The Kier molecular flexibility index (Phi) is 3.37. The molecule has 2 aromatic heterocycles. The highest BCUT2D eigenvalue weighted by Gasteiger charge is 2.29. The molecule has 4 rings (SSSR count). The first-order chi connectivity index (χ1) is 11.3. The third kappa shape index (κ3) is 2.31. The van der Waals surface area contributed by atoms with E-state index in [0.29, 0.717) is 13.0 Å². The number of nitrogens with zero attached hydrogens (tertiary/aromatic N) is 2. The third-order valence-electron chi connectivity index (χ3n) is 4.63. The van der Waals surface area contributed by atoms with Gasteiger partial charge in [-0.2, -0.15) is 0 Å². The Labute approximate surface area is 135 Å². The maximum absolute atomic E-state index is 12.2. The molecule has 116 valence electrons. The minimum atomic E-state index is 0.0426. The van der Waals surface area contributed by atoms with Crippen molar-refractivity contribution in [3.63, 3.8) is 0 Å². The zero-order valence-electron chi connectivity index (χ0n) is 13.1. The van der Waals surface area contributed by atoms with Gasteiger partial charge in [0.25, 0.3) is 0 Å². The summed E-state index contributed by atoms with van der Waals surface area (Å²) >= 11 is 0. The molecule has 1 amide bonds. The minimum Gasteiger partial charge on any atom is -0.350 e. The van der Waals surface area contributed by atoms with Crippen LogP contribution in [0.1, 0.15) is 41.8 Å². The van der Waals surface area contributed by atoms with E-state index in [1.807, 2.05) is 24.4 Å². The third-order valence-corrected chi connectivity index (χ3v) is 4.63. The van der Waals surface area contributed by atoms with Gasteiger partial charge < -0.3 is 9.72 Å². The largest absolute Gasteiger partial charge is 0.350 e. The molecule has 1 unspecified atom stereocenters. The fourth-order valence-corrected chi connectivity index (χ4v) is 3.55. The second kappa shape index (κ2) is 5.54. The molecule has 1 aliphatic rings. The maximum atomic E-state index is 12.2. The van der Waals surface area contributed by atoms with Crippen molar-refractivity contribution in [3.05, 3.63) is 71.2 Å². The van der Waals surface area contributed by atoms with Crippen LogP contribution in [0.15, 0.2) is 48.7 Å². The zero-order valence-corrected chi connectivity index (χ0v) is 13.1. The summed E-state index contributed by atoms with van der Waals surface area (Å²) in [6.45, 7) is 2.66. The SMILES string of the molecule is CCc1ccccc1C1CC(=O)NCc2nc3ccccn3c21. The van der Waals surface area contributed by atoms with Gasteiger partial charge in [-0.25, -0.2) is 4.98 Å². The Morgan fingerprint density at radius 1 is 1.22 bits per heavy atom. The van der Waals surface area contributed by atoms with E-state index in [0.717, 1.165) is 23.5 Å². The molecule has 0 saturated carbocycles. The Bertz CT molecular complexity index is 881. The van der Waals surface area contributed by atoms with Gasteiger partial charge in [0.2, 0.25) is 5.91 Å². The lowest BCUT2D eigenvalue weighted by atomic mass is 9.87. The molecule has 23 heavy (non-hydrogen) atoms. The number of benzene rings is 1. The predicted octanol–water partition coefficient (Wildman–Crippen LogP) is 3.05. The Morgan fingerprint density at radius 2 is 2.04 bits per heavy atom. The number of imidazole rings is 1. The number of hydrogen-bond acceptors (Lipinski definition) is 2. The first kappa shape index (κ1) is 14.0. The highest BCUT2D eigenvalue weighted by Crippen LogP contribution is 2.35. The highest BCUT2D eigenvalue weighted by molar-refractivity contribution is 5.78. The summed E-state index contributed by atoms with van der Waals surface area (Å²) in [5.74, 6) is 0.129. The van der Waals surface area contributed by atoms with Gasteiger partial charge in [0.05, 0.1) is 17.9 Å². The lowest BCUT2D eigenvalue weighted by molar-refractivity contribution is -0.121. The molecular formula is C19H19N3O. The summed E-state index contributed by atoms with van der Waals surface area (Å²) in [6.07, 6.45) is 3.46. The van der Waals surface area contributed by atoms with Crippen LogP contribution in [0.25, 0.3) is 5.65 Å². The van der Waals surface area contributed by atoms with Crippen molar-refractivity contribution < 1.29 is 4.79 Å². The number of rotatable bonds is 2. The van der Waals surface area contributed by atoms with Gasteiger partial charge >= 0.3 is 0 Å². The lowest BCUT2D eigenvalue weighted by Gasteiger charge is -2.19. The average molecular weight is 305 g/mol. The topological polar surface area (TPSA) is 46.4 Å². The predicted molar refractivity (Wildman–Crippen MR) is 89.3 cm³/mol. The number of amides is 1. The van der Waals surface area contributed by atoms with E-state index >= 15 is 0 Å². The van der Waals surface area contributed by atoms with Crippen LogP contribution in [0, 0.1) is 0 Å². The van der Waals surface area contributed by atoms with Gasteiger partial charge in [-0.05, 0) is 29.7 Å². The molecule has 3 aromatic rings. The van der Waals surface area contributed by atoms with Crippen molar-refractivity contribution in [2.45, 2.75) is 32.2 Å². The standard InChI is InChI=1S/C19H19N3O/c1-2-13-7-3-4-8-14(13)15-11-18(23)20-12-16-19(15)22-10-6-5-9-17(22)21-16/h3-10,15H,2,11-12H2,1H3,(H,20,23). The number of nitrogens with one attached hydrogen (secondary N) is 1. The van der Waals surface area contributed by atoms with Crippen molar-refractivity contribution in [2.24, 2.45) is 0 Å². The molecule has 1 aromatic carbocycles. The monoisotopic (exact) mass is 305 g/mol. The lowest BCUT2D eigenvalue weighted by Crippen LogP contribution is -2.21. The van der Waals surface area contributed by atoms with Crippen LogP contribution >= 0.6 is 0 Å². The number of aryl methyl sites for hydroxylation is 1. The van der Waals surface area contributed by atoms with Crippen molar-refractivity contribution in [1.82, 2.24) is 14.7 Å². The molecule has 0 aliphatic carbocycles. The van der Waals surface area contributed by atoms with Gasteiger partial charge in [0, 0.05) is 18.5 Å². The van der Waals surface area contributed by atoms with E-state index in [9.17, 15) is 4.79 Å². The fraction of sp³-hybridized carbons (Fsp3) is 0.263. The molecule has 1 N–H and O–H groups in total. The number of carbonyl (C=O) groups excluding carboxylic acids is 1. The maximum Gasteiger partial charge on any atom is 0.221 e. The van der Waals surface area contributed by atoms with E-state index in [4.69, 9.17) is 4.98 Å². The van der Waals surface area contributed by atoms with Crippen molar-refractivity contribution >= 4 is 11.6 Å². The number of hydrogen-bond donors (Lipinski definition) is 1. The average Bonchev–Trinajstić information content (AvgIpc) is 2.88. The Balaban J connectivity index is 1.97. The normalized spacial score (nSPS) is 17.6. The zero-order chi connectivity index (χ0) is 15.8. The number of pyridine rings is 1. The molecule has 1 aliphatic heterocycles. The molecular weight excluding hydrogens is 286 g/mol. The molecule has 0 bridgehead atoms. The molecule has 3 heterocycles. The summed E-state index contributed by atoms with van der Waals surface area (Å²) in [4.78, 5) is 16.9. The minimum absolute atomic E-state index is 0.0426. The number of carbonyl (C=O) groups is 1. The van der Waals surface area contributed by atoms with Gasteiger partial charge in [0.15, 0.2) is 0 Å². The molecule has 0 spiro atoms. The van der Waals surface area contributed by atoms with Crippen LogP contribution in [0.4, 0.5) is 0 Å². The van der Waals surface area contributed by atoms with E-state index in [-0.39, 0.29) is 11.8 Å². The van der Waals surface area contributed by atoms with Crippen LogP contribution < -0.4 is 5.32 Å². The van der Waals surface area contributed by atoms with E-state index in [1.54, 1.807) is 0 Å². The van der Waals surface area contributed by atoms with Crippen LogP contribution in [0.5, 0.6) is 0 Å². The second-order valence-corrected chi connectivity index (χ2v) is 5.96. The Morgan fingerprint density at radius 3 is 2.91 bits per heavy atom. The van der Waals surface area contributed by atoms with Gasteiger partial charge in [-0.15, -0.1) is 0 Å². The molecule has 0 saturated heterocycles. The van der Waals surface area contributed by atoms with Crippen molar-refractivity contribution in [3.8, 4) is 0 Å². The Hall–Kier alpha value is -2.62. The molecule has 0 radical (unpaired) electrons. The first-order valence-electron chi connectivity index (χ1n) is 8.08. The second-order valence-electron chi connectivity index (χ2n) is 5.96. The van der Waals surface area contributed by atoms with Gasteiger partial charge in [0.1, 0.15) is 5.65 Å². The first-order valence-corrected chi connectivity index (χ1v) is 8.08. The smallest absolute Gasteiger partial charge is 0.221 e. The molecule has 4 heteroatoms. The number of aromatic nitrogens is 2. The van der Waals surface area contributed by atoms with Gasteiger partial charge in [-0.1, -0.05) is 37.3 Å². The van der Waals surface area contributed by atoms with Crippen LogP contribution in [-0.4, -0.2) is 15.3 Å². The summed E-state index contributed by atoms with van der Waals surface area (Å²) in [6, 6.07) is 14.4.